The Balaban J connectivity index is 1.37. The van der Waals surface area contributed by atoms with Crippen LogP contribution in [0.25, 0.3) is 87.9 Å². The second kappa shape index (κ2) is 10.4. The number of pyridine rings is 2. The Hall–Kier alpha value is -6.12. The second-order valence-electron chi connectivity index (χ2n) is 13.7. The fourth-order valence-electron chi connectivity index (χ4n) is 8.44. The first-order valence-electron chi connectivity index (χ1n) is 17.0. The molecule has 0 radical (unpaired) electrons. The van der Waals surface area contributed by atoms with Crippen LogP contribution in [-0.2, 0) is 5.41 Å². The van der Waals surface area contributed by atoms with Crippen molar-refractivity contribution in [3.63, 3.8) is 0 Å². The summed E-state index contributed by atoms with van der Waals surface area (Å²) in [5.74, 6) is 0. The molecule has 0 N–H and O–H groups in total. The van der Waals surface area contributed by atoms with Gasteiger partial charge in [-0.2, -0.15) is 0 Å². The van der Waals surface area contributed by atoms with E-state index in [1.165, 1.54) is 82.0 Å². The molecule has 0 bridgehead atoms. The maximum Gasteiger partial charge on any atom is 0.0886 e. The molecule has 2 nitrogen and oxygen atoms in total. The molecular weight excluding hydrogens is 593 g/mol. The van der Waals surface area contributed by atoms with Gasteiger partial charge in [-0.25, -0.2) is 0 Å². The van der Waals surface area contributed by atoms with Gasteiger partial charge in [-0.15, -0.1) is 0 Å². The van der Waals surface area contributed by atoms with E-state index in [1.54, 1.807) is 0 Å². The Labute approximate surface area is 285 Å². The monoisotopic (exact) mass is 624 g/mol. The number of hydrogen-bond donors (Lipinski definition) is 0. The van der Waals surface area contributed by atoms with Gasteiger partial charge < -0.3 is 0 Å². The van der Waals surface area contributed by atoms with Crippen LogP contribution in [-0.4, -0.2) is 9.97 Å². The number of benzene rings is 7. The van der Waals surface area contributed by atoms with Gasteiger partial charge in [0, 0.05) is 23.4 Å². The summed E-state index contributed by atoms with van der Waals surface area (Å²) in [5, 5.41) is 10.1. The predicted octanol–water partition coefficient (Wildman–Crippen LogP) is 12.4. The number of aromatic nitrogens is 2. The van der Waals surface area contributed by atoms with Crippen molar-refractivity contribution in [2.24, 2.45) is 0 Å². The summed E-state index contributed by atoms with van der Waals surface area (Å²) >= 11 is 0. The highest BCUT2D eigenvalue weighted by atomic mass is 14.8. The highest BCUT2D eigenvalue weighted by Gasteiger charge is 2.36. The summed E-state index contributed by atoms with van der Waals surface area (Å²) < 4.78 is 0. The standard InChI is InChI=1S/C47H32N2/c1-47(2)41-20-10-9-17-34(41)37-26-39-40(27-42(37)47)46(38-25-29-13-3-4-14-31(29)32-15-5-6-16-33(32)38)36-19-8-7-18-35(36)45(39)30-22-23-44(49-28-30)43-21-11-12-24-48-43/h3-28H,1-2H3. The lowest BCUT2D eigenvalue weighted by molar-refractivity contribution is 0.661. The van der Waals surface area contributed by atoms with Gasteiger partial charge in [0.15, 0.2) is 0 Å². The molecule has 0 atom stereocenters. The third-order valence-corrected chi connectivity index (χ3v) is 10.7. The molecule has 49 heavy (non-hydrogen) atoms. The van der Waals surface area contributed by atoms with Crippen molar-refractivity contribution in [1.29, 1.82) is 0 Å². The maximum atomic E-state index is 4.96. The smallest absolute Gasteiger partial charge is 0.0886 e. The number of fused-ring (bicyclic) bond motifs is 8. The van der Waals surface area contributed by atoms with Crippen molar-refractivity contribution >= 4 is 43.1 Å². The summed E-state index contributed by atoms with van der Waals surface area (Å²) in [4.78, 5) is 9.52. The van der Waals surface area contributed by atoms with E-state index in [4.69, 9.17) is 4.98 Å². The summed E-state index contributed by atoms with van der Waals surface area (Å²) in [5.41, 5.74) is 11.9. The minimum Gasteiger partial charge on any atom is -0.255 e. The van der Waals surface area contributed by atoms with Crippen molar-refractivity contribution in [1.82, 2.24) is 9.97 Å². The van der Waals surface area contributed by atoms with E-state index in [1.807, 2.05) is 30.6 Å². The fourth-order valence-corrected chi connectivity index (χ4v) is 8.44. The highest BCUT2D eigenvalue weighted by molar-refractivity contribution is 6.26. The van der Waals surface area contributed by atoms with Crippen LogP contribution in [0.1, 0.15) is 25.0 Å². The average molecular weight is 625 g/mol. The van der Waals surface area contributed by atoms with Crippen molar-refractivity contribution in [3.05, 3.63) is 169 Å². The van der Waals surface area contributed by atoms with Crippen LogP contribution in [0.4, 0.5) is 0 Å². The summed E-state index contributed by atoms with van der Waals surface area (Å²) in [7, 11) is 0. The van der Waals surface area contributed by atoms with E-state index >= 15 is 0 Å². The second-order valence-corrected chi connectivity index (χ2v) is 13.7. The van der Waals surface area contributed by atoms with Crippen LogP contribution in [0.15, 0.2) is 158 Å². The number of rotatable bonds is 3. The molecule has 2 heterocycles. The zero-order valence-electron chi connectivity index (χ0n) is 27.4. The lowest BCUT2D eigenvalue weighted by atomic mass is 9.79. The van der Waals surface area contributed by atoms with Crippen molar-refractivity contribution < 1.29 is 0 Å². The first kappa shape index (κ1) is 27.9. The molecular formula is C47H32N2. The van der Waals surface area contributed by atoms with E-state index in [2.05, 4.69) is 146 Å². The predicted molar refractivity (Wildman–Crippen MR) is 206 cm³/mol. The van der Waals surface area contributed by atoms with Gasteiger partial charge in [0.2, 0.25) is 0 Å². The average Bonchev–Trinajstić information content (AvgIpc) is 3.38. The Morgan fingerprint density at radius 2 is 1.06 bits per heavy atom. The first-order valence-corrected chi connectivity index (χ1v) is 17.0. The zero-order valence-corrected chi connectivity index (χ0v) is 27.4. The molecule has 0 aliphatic heterocycles. The Kier molecular flexibility index (Phi) is 5.95. The van der Waals surface area contributed by atoms with Gasteiger partial charge in [-0.3, -0.25) is 9.97 Å². The number of nitrogens with zero attached hydrogens (tertiary/aromatic N) is 2. The minimum atomic E-state index is -0.124. The van der Waals surface area contributed by atoms with E-state index < -0.39 is 0 Å². The third kappa shape index (κ3) is 4.07. The summed E-state index contributed by atoms with van der Waals surface area (Å²) in [6.45, 7) is 4.74. The van der Waals surface area contributed by atoms with Crippen molar-refractivity contribution in [2.75, 3.05) is 0 Å². The maximum absolute atomic E-state index is 4.96. The van der Waals surface area contributed by atoms with Crippen LogP contribution in [0, 0.1) is 0 Å². The molecule has 1 aliphatic rings. The molecule has 2 aromatic heterocycles. The van der Waals surface area contributed by atoms with Crippen LogP contribution >= 0.6 is 0 Å². The molecule has 7 aromatic carbocycles. The van der Waals surface area contributed by atoms with Crippen LogP contribution < -0.4 is 0 Å². The van der Waals surface area contributed by atoms with Crippen LogP contribution in [0.3, 0.4) is 0 Å². The molecule has 1 aliphatic carbocycles. The molecule has 2 heteroatoms. The molecule has 10 rings (SSSR count). The van der Waals surface area contributed by atoms with Gasteiger partial charge >= 0.3 is 0 Å². The molecule has 230 valence electrons. The summed E-state index contributed by atoms with van der Waals surface area (Å²) in [6, 6.07) is 53.2. The molecule has 0 saturated heterocycles. The molecule has 0 unspecified atom stereocenters. The number of hydrogen-bond acceptors (Lipinski definition) is 2. The fraction of sp³-hybridized carbons (Fsp3) is 0.0638. The molecule has 0 fully saturated rings. The normalized spacial score (nSPS) is 13.3. The molecule has 0 amide bonds. The largest absolute Gasteiger partial charge is 0.255 e. The van der Waals surface area contributed by atoms with Gasteiger partial charge in [0.25, 0.3) is 0 Å². The van der Waals surface area contributed by atoms with Gasteiger partial charge in [0.1, 0.15) is 0 Å². The van der Waals surface area contributed by atoms with E-state index in [9.17, 15) is 0 Å². The highest BCUT2D eigenvalue weighted by Crippen LogP contribution is 2.53. The Bertz CT molecular complexity index is 2780. The van der Waals surface area contributed by atoms with Crippen LogP contribution in [0.2, 0.25) is 0 Å². The Morgan fingerprint density at radius 3 is 1.84 bits per heavy atom. The topological polar surface area (TPSA) is 25.8 Å². The molecule has 0 spiro atoms. The van der Waals surface area contributed by atoms with Gasteiger partial charge in [-0.1, -0.05) is 123 Å². The minimum absolute atomic E-state index is 0.124. The van der Waals surface area contributed by atoms with Gasteiger partial charge in [0.05, 0.1) is 11.4 Å². The first-order chi connectivity index (χ1) is 24.1. The van der Waals surface area contributed by atoms with Crippen LogP contribution in [0.5, 0.6) is 0 Å². The van der Waals surface area contributed by atoms with Crippen molar-refractivity contribution in [2.45, 2.75) is 19.3 Å². The van der Waals surface area contributed by atoms with Crippen molar-refractivity contribution in [3.8, 4) is 44.8 Å². The van der Waals surface area contributed by atoms with E-state index in [-0.39, 0.29) is 5.41 Å². The quantitative estimate of drug-likeness (QED) is 0.144. The molecule has 0 saturated carbocycles. The van der Waals surface area contributed by atoms with E-state index in [0.29, 0.717) is 0 Å². The summed E-state index contributed by atoms with van der Waals surface area (Å²) in [6.07, 6.45) is 3.85. The third-order valence-electron chi connectivity index (χ3n) is 10.7. The Morgan fingerprint density at radius 1 is 0.408 bits per heavy atom. The zero-order chi connectivity index (χ0) is 32.7. The van der Waals surface area contributed by atoms with Gasteiger partial charge in [-0.05, 0) is 118 Å². The van der Waals surface area contributed by atoms with E-state index in [0.717, 1.165) is 17.0 Å². The molecule has 9 aromatic rings. The lowest BCUT2D eigenvalue weighted by Crippen LogP contribution is -2.14. The SMILES string of the molecule is CC1(C)c2ccccc2-c2cc3c(-c4ccc(-c5ccccn5)nc4)c4ccccc4c(-c4cc5ccccc5c5ccccc45)c3cc21. The lowest BCUT2D eigenvalue weighted by Gasteiger charge is -2.24.